The van der Waals surface area contributed by atoms with Crippen LogP contribution >= 0.6 is 0 Å². The first-order chi connectivity index (χ1) is 10.7. The minimum Gasteiger partial charge on any atom is -0.462 e. The van der Waals surface area contributed by atoms with E-state index in [0.717, 1.165) is 11.1 Å². The Morgan fingerprint density at radius 1 is 1.35 bits per heavy atom. The van der Waals surface area contributed by atoms with Crippen LogP contribution in [0.4, 0.5) is 0 Å². The highest BCUT2D eigenvalue weighted by Gasteiger charge is 2.60. The maximum atomic E-state index is 12.5. The second-order valence-electron chi connectivity index (χ2n) is 7.12. The lowest BCUT2D eigenvalue weighted by atomic mass is 9.69. The lowest BCUT2D eigenvalue weighted by Gasteiger charge is -2.36. The van der Waals surface area contributed by atoms with E-state index < -0.39 is 17.6 Å². The van der Waals surface area contributed by atoms with Gasteiger partial charge >= 0.3 is 11.9 Å². The van der Waals surface area contributed by atoms with Gasteiger partial charge in [0.2, 0.25) is 0 Å². The fourth-order valence-electron chi connectivity index (χ4n) is 4.52. The van der Waals surface area contributed by atoms with E-state index in [4.69, 9.17) is 9.47 Å². The van der Waals surface area contributed by atoms with Gasteiger partial charge in [0.25, 0.3) is 0 Å². The molecule has 1 fully saturated rings. The Morgan fingerprint density at radius 3 is 2.61 bits per heavy atom. The molecule has 23 heavy (non-hydrogen) atoms. The molecule has 0 N–H and O–H groups in total. The summed E-state index contributed by atoms with van der Waals surface area (Å²) >= 11 is 0. The fraction of sp³-hybridized carbons (Fsp3) is 0.611. The van der Waals surface area contributed by atoms with Gasteiger partial charge in [-0.2, -0.15) is 0 Å². The Morgan fingerprint density at radius 2 is 2.00 bits per heavy atom. The van der Waals surface area contributed by atoms with Crippen LogP contribution in [0.3, 0.4) is 0 Å². The summed E-state index contributed by atoms with van der Waals surface area (Å²) in [6.45, 7) is 8.94. The van der Waals surface area contributed by atoms with Crippen molar-refractivity contribution in [3.8, 4) is 0 Å². The average Bonchev–Trinajstić information content (AvgIpc) is 2.81. The molecule has 0 saturated carbocycles. The fourth-order valence-corrected chi connectivity index (χ4v) is 4.52. The van der Waals surface area contributed by atoms with E-state index in [0.29, 0.717) is 12.0 Å². The Kier molecular flexibility index (Phi) is 3.50. The summed E-state index contributed by atoms with van der Waals surface area (Å²) in [6, 6.07) is 0. The SMILES string of the molecule is CC(=O)OC1CC(C)=C2C(=O)C=C(C)C2(C)C2OC(=O)C(C)C12. The molecule has 0 spiro atoms. The topological polar surface area (TPSA) is 69.7 Å². The smallest absolute Gasteiger partial charge is 0.309 e. The van der Waals surface area contributed by atoms with Gasteiger partial charge in [-0.1, -0.05) is 18.1 Å². The standard InChI is InChI=1S/C18H22O5/c1-8-6-13(22-11(4)19)14-10(3)17(21)23-16(14)18(5)9(2)7-12(20)15(8)18/h7,10,13-14,16H,6H2,1-5H3. The normalized spacial score (nSPS) is 39.4. The third-order valence-electron chi connectivity index (χ3n) is 5.72. The molecule has 0 radical (unpaired) electrons. The zero-order valence-corrected chi connectivity index (χ0v) is 14.1. The molecule has 5 nitrogen and oxygen atoms in total. The molecule has 0 amide bonds. The van der Waals surface area contributed by atoms with Crippen molar-refractivity contribution in [3.05, 3.63) is 22.8 Å². The molecule has 0 aromatic rings. The molecule has 124 valence electrons. The van der Waals surface area contributed by atoms with Gasteiger partial charge in [-0.3, -0.25) is 14.4 Å². The van der Waals surface area contributed by atoms with Crippen LogP contribution in [0.25, 0.3) is 0 Å². The molecule has 1 saturated heterocycles. The minimum atomic E-state index is -0.638. The molecule has 2 aliphatic carbocycles. The lowest BCUT2D eigenvalue weighted by Crippen LogP contribution is -2.43. The maximum absolute atomic E-state index is 12.5. The molecule has 3 aliphatic rings. The van der Waals surface area contributed by atoms with Crippen molar-refractivity contribution in [1.29, 1.82) is 0 Å². The van der Waals surface area contributed by atoms with Gasteiger partial charge in [-0.25, -0.2) is 0 Å². The summed E-state index contributed by atoms with van der Waals surface area (Å²) in [5.41, 5.74) is 1.87. The number of hydrogen-bond acceptors (Lipinski definition) is 5. The van der Waals surface area contributed by atoms with E-state index in [9.17, 15) is 14.4 Å². The maximum Gasteiger partial charge on any atom is 0.309 e. The van der Waals surface area contributed by atoms with Gasteiger partial charge in [-0.05, 0) is 26.8 Å². The van der Waals surface area contributed by atoms with Crippen molar-refractivity contribution < 1.29 is 23.9 Å². The molecule has 5 atom stereocenters. The van der Waals surface area contributed by atoms with E-state index >= 15 is 0 Å². The molecular formula is C18H22O5. The van der Waals surface area contributed by atoms with Gasteiger partial charge in [-0.15, -0.1) is 0 Å². The summed E-state index contributed by atoms with van der Waals surface area (Å²) < 4.78 is 11.2. The highest BCUT2D eigenvalue weighted by Crippen LogP contribution is 2.55. The predicted octanol–water partition coefficient (Wildman–Crippen LogP) is 2.35. The van der Waals surface area contributed by atoms with Crippen molar-refractivity contribution >= 4 is 17.7 Å². The van der Waals surface area contributed by atoms with Crippen LogP contribution < -0.4 is 0 Å². The Labute approximate surface area is 135 Å². The Bertz CT molecular complexity index is 671. The lowest BCUT2D eigenvalue weighted by molar-refractivity contribution is -0.151. The van der Waals surface area contributed by atoms with Crippen molar-refractivity contribution in [3.63, 3.8) is 0 Å². The van der Waals surface area contributed by atoms with Gasteiger partial charge in [0.05, 0.1) is 11.3 Å². The van der Waals surface area contributed by atoms with E-state index in [-0.39, 0.29) is 29.6 Å². The summed E-state index contributed by atoms with van der Waals surface area (Å²) in [5, 5.41) is 0. The first-order valence-corrected chi connectivity index (χ1v) is 7.99. The number of allylic oxidation sites excluding steroid dienone is 1. The molecule has 0 bridgehead atoms. The summed E-state index contributed by atoms with van der Waals surface area (Å²) in [6.07, 6.45) is 1.16. The van der Waals surface area contributed by atoms with Gasteiger partial charge < -0.3 is 9.47 Å². The molecule has 3 rings (SSSR count). The zero-order valence-electron chi connectivity index (χ0n) is 14.1. The molecule has 5 heteroatoms. The number of carbonyl (C=O) groups is 3. The van der Waals surface area contributed by atoms with Crippen LogP contribution in [-0.2, 0) is 23.9 Å². The third kappa shape index (κ3) is 2.09. The number of esters is 2. The second-order valence-corrected chi connectivity index (χ2v) is 7.12. The monoisotopic (exact) mass is 318 g/mol. The zero-order chi connectivity index (χ0) is 17.1. The van der Waals surface area contributed by atoms with Crippen LogP contribution in [0.1, 0.15) is 41.0 Å². The molecule has 0 aromatic heterocycles. The third-order valence-corrected chi connectivity index (χ3v) is 5.72. The molecule has 1 heterocycles. The van der Waals surface area contributed by atoms with Crippen LogP contribution in [0.15, 0.2) is 22.8 Å². The number of hydrogen-bond donors (Lipinski definition) is 0. The van der Waals surface area contributed by atoms with Crippen molar-refractivity contribution in [2.24, 2.45) is 17.3 Å². The van der Waals surface area contributed by atoms with Crippen LogP contribution in [0.2, 0.25) is 0 Å². The predicted molar refractivity (Wildman–Crippen MR) is 82.3 cm³/mol. The first kappa shape index (κ1) is 16.0. The van der Waals surface area contributed by atoms with Crippen LogP contribution in [-0.4, -0.2) is 29.9 Å². The number of ketones is 1. The highest BCUT2D eigenvalue weighted by atomic mass is 16.6. The summed E-state index contributed by atoms with van der Waals surface area (Å²) in [5.74, 6) is -1.31. The molecule has 1 aliphatic heterocycles. The van der Waals surface area contributed by atoms with E-state index in [2.05, 4.69) is 0 Å². The average molecular weight is 318 g/mol. The molecular weight excluding hydrogens is 296 g/mol. The Hall–Kier alpha value is -1.91. The van der Waals surface area contributed by atoms with Crippen LogP contribution in [0.5, 0.6) is 0 Å². The Balaban J connectivity index is 2.17. The van der Waals surface area contributed by atoms with Crippen LogP contribution in [0, 0.1) is 17.3 Å². The molecule has 5 unspecified atom stereocenters. The van der Waals surface area contributed by atoms with Gasteiger partial charge in [0.1, 0.15) is 12.2 Å². The second kappa shape index (κ2) is 5.05. The molecule has 0 aromatic carbocycles. The minimum absolute atomic E-state index is 0.0275. The van der Waals surface area contributed by atoms with Gasteiger partial charge in [0, 0.05) is 24.8 Å². The number of rotatable bonds is 1. The van der Waals surface area contributed by atoms with Crippen molar-refractivity contribution in [1.82, 2.24) is 0 Å². The summed E-state index contributed by atoms with van der Waals surface area (Å²) in [4.78, 5) is 36.2. The van der Waals surface area contributed by atoms with Crippen molar-refractivity contribution in [2.45, 2.75) is 53.2 Å². The highest BCUT2D eigenvalue weighted by molar-refractivity contribution is 6.10. The largest absolute Gasteiger partial charge is 0.462 e. The number of ether oxygens (including phenoxy) is 2. The van der Waals surface area contributed by atoms with Crippen molar-refractivity contribution in [2.75, 3.05) is 0 Å². The first-order valence-electron chi connectivity index (χ1n) is 7.99. The van der Waals surface area contributed by atoms with Gasteiger partial charge in [0.15, 0.2) is 5.78 Å². The quantitative estimate of drug-likeness (QED) is 0.694. The van der Waals surface area contributed by atoms with E-state index in [1.54, 1.807) is 6.08 Å². The number of carbonyl (C=O) groups excluding carboxylic acids is 3. The van der Waals surface area contributed by atoms with E-state index in [1.165, 1.54) is 6.92 Å². The number of fused-ring (bicyclic) bond motifs is 3. The van der Waals surface area contributed by atoms with E-state index in [1.807, 2.05) is 27.7 Å². The summed E-state index contributed by atoms with van der Waals surface area (Å²) in [7, 11) is 0.